The molecule has 1 aliphatic heterocycles. The number of carbonyl (C=O) groups is 7. The Bertz CT molecular complexity index is 1030. The van der Waals surface area contributed by atoms with Crippen LogP contribution in [-0.2, 0) is 52.5 Å². The maximum Gasteiger partial charge on any atom is 0.408 e. The Morgan fingerprint density at radius 2 is 1.55 bits per heavy atom. The van der Waals surface area contributed by atoms with Gasteiger partial charge in [0.05, 0.1) is 12.1 Å². The monoisotopic (exact) mass is 573 g/mol. The molecule has 0 unspecified atom stereocenters. The average Bonchev–Trinajstić information content (AvgIpc) is 2.77. The quantitative estimate of drug-likeness (QED) is 0.177. The lowest BCUT2D eigenvalue weighted by atomic mass is 9.91. The molecule has 16 nitrogen and oxygen atoms in total. The molecule has 224 valence electrons. The average molecular weight is 574 g/mol. The molecule has 3 amide bonds. The molecule has 0 aromatic rings. The summed E-state index contributed by atoms with van der Waals surface area (Å²) in [6.45, 7) is 7.67. The number of carboxylic acids is 1. The van der Waals surface area contributed by atoms with Crippen molar-refractivity contribution in [2.75, 3.05) is 13.2 Å². The molecule has 1 heterocycles. The SMILES string of the molecule is CC(=O)N[C@H]1[C@H]([C@H](OC(C)=O)[C@@H](COC(C)=O)OC(C)=O)OC(C(=O)NCC(=O)O)=C[C@@H]1NC(=O)OC(C)(C)C. The topological polar surface area (TPSA) is 222 Å². The maximum absolute atomic E-state index is 12.8. The third-order valence-electron chi connectivity index (χ3n) is 4.77. The standard InChI is InChI=1S/C24H35N3O13/c1-11(28)26-19-15(27-23(35)40-24(5,6)7)8-16(22(34)25-9-18(32)33)39-21(19)20(38-14(4)31)17(37-13(3)30)10-36-12(2)29/h8,15,17,19-21H,9-10H2,1-7H3,(H,25,34)(H,26,28)(H,27,35)(H,32,33)/t15-,17+,19+,20+,21+/m0/s1. The number of carboxylic acid groups (broad SMARTS) is 1. The highest BCUT2D eigenvalue weighted by Crippen LogP contribution is 2.27. The van der Waals surface area contributed by atoms with Gasteiger partial charge < -0.3 is 44.7 Å². The number of nitrogens with one attached hydrogen (secondary N) is 3. The highest BCUT2D eigenvalue weighted by atomic mass is 16.6. The third kappa shape index (κ3) is 12.0. The van der Waals surface area contributed by atoms with Crippen molar-refractivity contribution in [3.05, 3.63) is 11.8 Å². The van der Waals surface area contributed by atoms with E-state index < -0.39 is 96.7 Å². The Kier molecular flexibility index (Phi) is 12.4. The smallest absolute Gasteiger partial charge is 0.408 e. The van der Waals surface area contributed by atoms with Crippen LogP contribution in [0.15, 0.2) is 11.8 Å². The maximum atomic E-state index is 12.8. The van der Waals surface area contributed by atoms with E-state index >= 15 is 0 Å². The van der Waals surface area contributed by atoms with Gasteiger partial charge in [0.15, 0.2) is 24.1 Å². The van der Waals surface area contributed by atoms with Gasteiger partial charge >= 0.3 is 30.0 Å². The van der Waals surface area contributed by atoms with Crippen molar-refractivity contribution in [1.82, 2.24) is 16.0 Å². The number of amides is 3. The van der Waals surface area contributed by atoms with Gasteiger partial charge in [0.25, 0.3) is 5.91 Å². The van der Waals surface area contributed by atoms with Crippen molar-refractivity contribution in [1.29, 1.82) is 0 Å². The summed E-state index contributed by atoms with van der Waals surface area (Å²) in [6, 6.07) is -2.56. The van der Waals surface area contributed by atoms with E-state index in [4.69, 9.17) is 28.8 Å². The number of hydrogen-bond donors (Lipinski definition) is 4. The van der Waals surface area contributed by atoms with Crippen molar-refractivity contribution in [3.63, 3.8) is 0 Å². The van der Waals surface area contributed by atoms with Crippen LogP contribution in [0.2, 0.25) is 0 Å². The van der Waals surface area contributed by atoms with E-state index in [0.29, 0.717) is 0 Å². The molecule has 0 saturated carbocycles. The first kappa shape index (κ1) is 33.7. The lowest BCUT2D eigenvalue weighted by Crippen LogP contribution is -2.65. The normalized spacial score (nSPS) is 19.8. The molecular formula is C24H35N3O13. The first-order valence-corrected chi connectivity index (χ1v) is 12.0. The summed E-state index contributed by atoms with van der Waals surface area (Å²) in [7, 11) is 0. The Labute approximate surface area is 230 Å². The van der Waals surface area contributed by atoms with Gasteiger partial charge in [0, 0.05) is 27.7 Å². The lowest BCUT2D eigenvalue weighted by Gasteiger charge is -2.42. The lowest BCUT2D eigenvalue weighted by molar-refractivity contribution is -0.187. The van der Waals surface area contributed by atoms with E-state index in [1.807, 2.05) is 0 Å². The van der Waals surface area contributed by atoms with E-state index in [1.165, 1.54) is 0 Å². The predicted octanol–water partition coefficient (Wildman–Crippen LogP) is -0.706. The van der Waals surface area contributed by atoms with E-state index in [-0.39, 0.29) is 0 Å². The number of ether oxygens (including phenoxy) is 5. The number of esters is 3. The minimum absolute atomic E-state index is 0.528. The fraction of sp³-hybridized carbons (Fsp3) is 0.625. The Morgan fingerprint density at radius 3 is 2.02 bits per heavy atom. The van der Waals surface area contributed by atoms with Crippen molar-refractivity contribution in [3.8, 4) is 0 Å². The molecule has 16 heteroatoms. The van der Waals surface area contributed by atoms with Gasteiger partial charge in [-0.2, -0.15) is 0 Å². The van der Waals surface area contributed by atoms with Crippen molar-refractivity contribution >= 4 is 41.8 Å². The molecule has 0 aromatic carbocycles. The van der Waals surface area contributed by atoms with Gasteiger partial charge in [-0.3, -0.25) is 28.8 Å². The van der Waals surface area contributed by atoms with Crippen molar-refractivity contribution < 1.29 is 62.4 Å². The van der Waals surface area contributed by atoms with Gasteiger partial charge in [-0.1, -0.05) is 0 Å². The van der Waals surface area contributed by atoms with E-state index in [1.54, 1.807) is 20.8 Å². The van der Waals surface area contributed by atoms with Crippen LogP contribution in [0.4, 0.5) is 4.79 Å². The number of rotatable bonds is 11. The van der Waals surface area contributed by atoms with Crippen LogP contribution in [0, 0.1) is 0 Å². The number of hydrogen-bond acceptors (Lipinski definition) is 12. The van der Waals surface area contributed by atoms with Crippen molar-refractivity contribution in [2.24, 2.45) is 0 Å². The summed E-state index contributed by atoms with van der Waals surface area (Å²) in [6.07, 6.45) is -4.57. The minimum atomic E-state index is -1.63. The zero-order chi connectivity index (χ0) is 30.8. The zero-order valence-electron chi connectivity index (χ0n) is 23.2. The Hall–Kier alpha value is -4.37. The molecule has 0 radical (unpaired) electrons. The van der Waals surface area contributed by atoms with Gasteiger partial charge in [-0.05, 0) is 26.8 Å². The number of alkyl carbamates (subject to hydrolysis) is 1. The second-order valence-corrected chi connectivity index (χ2v) is 9.61. The molecule has 0 fully saturated rings. The van der Waals surface area contributed by atoms with E-state index in [9.17, 15) is 33.6 Å². The molecule has 0 aromatic heterocycles. The molecule has 4 N–H and O–H groups in total. The number of carbonyl (C=O) groups excluding carboxylic acids is 6. The third-order valence-corrected chi connectivity index (χ3v) is 4.77. The first-order valence-electron chi connectivity index (χ1n) is 12.0. The molecular weight excluding hydrogens is 538 g/mol. The van der Waals surface area contributed by atoms with Crippen LogP contribution in [-0.4, -0.2) is 96.0 Å². The van der Waals surface area contributed by atoms with Gasteiger partial charge in [-0.25, -0.2) is 4.79 Å². The molecule has 0 aliphatic carbocycles. The summed E-state index contributed by atoms with van der Waals surface area (Å²) in [4.78, 5) is 84.1. The van der Waals surface area contributed by atoms with Gasteiger partial charge in [0.2, 0.25) is 5.91 Å². The molecule has 0 saturated heterocycles. The van der Waals surface area contributed by atoms with Crippen molar-refractivity contribution in [2.45, 2.75) is 84.5 Å². The minimum Gasteiger partial charge on any atom is -0.480 e. The fourth-order valence-electron chi connectivity index (χ4n) is 3.51. The van der Waals surface area contributed by atoms with Gasteiger partial charge in [0.1, 0.15) is 18.8 Å². The molecule has 0 spiro atoms. The van der Waals surface area contributed by atoms with Crippen LogP contribution in [0.5, 0.6) is 0 Å². The largest absolute Gasteiger partial charge is 0.480 e. The molecule has 0 bridgehead atoms. The number of aliphatic carboxylic acids is 1. The Balaban J connectivity index is 3.69. The molecule has 5 atom stereocenters. The Morgan fingerprint density at radius 1 is 0.950 bits per heavy atom. The second kappa shape index (κ2) is 14.7. The van der Waals surface area contributed by atoms with E-state index in [0.717, 1.165) is 33.8 Å². The summed E-state index contributed by atoms with van der Waals surface area (Å²) < 4.78 is 26.6. The zero-order valence-corrected chi connectivity index (χ0v) is 23.2. The van der Waals surface area contributed by atoms with E-state index in [2.05, 4.69) is 16.0 Å². The van der Waals surface area contributed by atoms with Crippen LogP contribution < -0.4 is 16.0 Å². The van der Waals surface area contributed by atoms with Crippen LogP contribution >= 0.6 is 0 Å². The molecule has 40 heavy (non-hydrogen) atoms. The van der Waals surface area contributed by atoms with Crippen LogP contribution in [0.1, 0.15) is 48.5 Å². The summed E-state index contributed by atoms with van der Waals surface area (Å²) in [5.41, 5.74) is -0.936. The van der Waals surface area contributed by atoms with Crippen LogP contribution in [0.3, 0.4) is 0 Å². The summed E-state index contributed by atoms with van der Waals surface area (Å²) in [5.74, 6) is -6.09. The molecule has 1 rings (SSSR count). The highest BCUT2D eigenvalue weighted by molar-refractivity contribution is 5.93. The summed E-state index contributed by atoms with van der Waals surface area (Å²) in [5, 5.41) is 16.1. The highest BCUT2D eigenvalue weighted by Gasteiger charge is 2.48. The molecule has 1 aliphatic rings. The summed E-state index contributed by atoms with van der Waals surface area (Å²) >= 11 is 0. The second-order valence-electron chi connectivity index (χ2n) is 9.61. The fourth-order valence-corrected chi connectivity index (χ4v) is 3.51. The van der Waals surface area contributed by atoms with Gasteiger partial charge in [-0.15, -0.1) is 0 Å². The van der Waals surface area contributed by atoms with Crippen LogP contribution in [0.25, 0.3) is 0 Å². The first-order chi connectivity index (χ1) is 18.4. The predicted molar refractivity (Wildman–Crippen MR) is 132 cm³/mol.